The second-order valence-electron chi connectivity index (χ2n) is 7.06. The zero-order valence-corrected chi connectivity index (χ0v) is 15.9. The van der Waals surface area contributed by atoms with Gasteiger partial charge in [-0.1, -0.05) is 48.5 Å². The predicted octanol–water partition coefficient (Wildman–Crippen LogP) is 4.80. The minimum Gasteiger partial charge on any atom is -0.282 e. The normalized spacial score (nSPS) is 11.3. The van der Waals surface area contributed by atoms with E-state index in [2.05, 4.69) is 38.5 Å². The molecule has 6 heteroatoms. The van der Waals surface area contributed by atoms with E-state index < -0.39 is 0 Å². The molecular weight excluding hydrogens is 372 g/mol. The van der Waals surface area contributed by atoms with E-state index in [0.717, 1.165) is 44.8 Å². The van der Waals surface area contributed by atoms with Crippen molar-refractivity contribution in [2.24, 2.45) is 0 Å². The van der Waals surface area contributed by atoms with Gasteiger partial charge < -0.3 is 0 Å². The smallest absolute Gasteiger partial charge is 0.171 e. The monoisotopic (exact) mass is 388 g/mol. The molecule has 0 saturated heterocycles. The molecule has 2 aromatic carbocycles. The SMILES string of the molecule is c1ccc(-c2cnc3ccn4c(-c5cnn(-c6ccccc6)c5)nnc4c3c2)cc1. The molecule has 0 aliphatic rings. The number of nitrogens with zero attached hydrogens (tertiary/aromatic N) is 6. The van der Waals surface area contributed by atoms with Gasteiger partial charge in [0.1, 0.15) is 0 Å². The summed E-state index contributed by atoms with van der Waals surface area (Å²) in [5, 5.41) is 14.4. The Morgan fingerprint density at radius 1 is 0.700 bits per heavy atom. The predicted molar refractivity (Wildman–Crippen MR) is 116 cm³/mol. The number of hydrogen-bond donors (Lipinski definition) is 0. The van der Waals surface area contributed by atoms with Crippen LogP contribution in [0.3, 0.4) is 0 Å². The molecule has 0 atom stereocenters. The summed E-state index contributed by atoms with van der Waals surface area (Å²) in [6.45, 7) is 0. The molecule has 6 aromatic rings. The summed E-state index contributed by atoms with van der Waals surface area (Å²) >= 11 is 0. The standard InChI is InChI=1S/C24H16N6/c1-3-7-17(8-4-1)18-13-21-22(25-14-18)11-12-29-23(27-28-24(21)29)19-15-26-30(16-19)20-9-5-2-6-10-20/h1-16H. The maximum atomic E-state index is 4.64. The highest BCUT2D eigenvalue weighted by atomic mass is 15.3. The van der Waals surface area contributed by atoms with E-state index >= 15 is 0 Å². The summed E-state index contributed by atoms with van der Waals surface area (Å²) in [6, 6.07) is 24.3. The number of benzene rings is 2. The Labute approximate surface area is 172 Å². The second-order valence-corrected chi connectivity index (χ2v) is 7.06. The van der Waals surface area contributed by atoms with Crippen LogP contribution < -0.4 is 0 Å². The maximum Gasteiger partial charge on any atom is 0.171 e. The summed E-state index contributed by atoms with van der Waals surface area (Å²) < 4.78 is 3.83. The lowest BCUT2D eigenvalue weighted by molar-refractivity contribution is 0.880. The molecule has 4 aromatic heterocycles. The van der Waals surface area contributed by atoms with Gasteiger partial charge in [-0.3, -0.25) is 9.38 Å². The second kappa shape index (κ2) is 6.63. The first-order chi connectivity index (χ1) is 14.9. The van der Waals surface area contributed by atoms with Crippen LogP contribution in [0.15, 0.2) is 97.6 Å². The molecule has 0 unspecified atom stereocenters. The van der Waals surface area contributed by atoms with Crippen molar-refractivity contribution in [3.8, 4) is 28.2 Å². The number of aromatic nitrogens is 6. The molecular formula is C24H16N6. The minimum absolute atomic E-state index is 0.749. The summed E-state index contributed by atoms with van der Waals surface area (Å²) in [7, 11) is 0. The highest BCUT2D eigenvalue weighted by molar-refractivity contribution is 5.94. The van der Waals surface area contributed by atoms with Crippen molar-refractivity contribution in [2.45, 2.75) is 0 Å². The van der Waals surface area contributed by atoms with E-state index in [1.54, 1.807) is 0 Å². The Hall–Kier alpha value is -4.32. The van der Waals surface area contributed by atoms with E-state index in [4.69, 9.17) is 0 Å². The number of fused-ring (bicyclic) bond motifs is 3. The average molecular weight is 388 g/mol. The zero-order valence-electron chi connectivity index (χ0n) is 15.9. The molecule has 0 spiro atoms. The first kappa shape index (κ1) is 16.6. The van der Waals surface area contributed by atoms with Crippen molar-refractivity contribution < 1.29 is 0 Å². The van der Waals surface area contributed by atoms with E-state index in [0.29, 0.717) is 0 Å². The van der Waals surface area contributed by atoms with Crippen LogP contribution in [0.1, 0.15) is 0 Å². The van der Waals surface area contributed by atoms with Gasteiger partial charge in [0.25, 0.3) is 0 Å². The molecule has 30 heavy (non-hydrogen) atoms. The van der Waals surface area contributed by atoms with Gasteiger partial charge in [-0.2, -0.15) is 5.10 Å². The molecule has 0 fully saturated rings. The fourth-order valence-electron chi connectivity index (χ4n) is 3.69. The van der Waals surface area contributed by atoms with Crippen molar-refractivity contribution in [1.29, 1.82) is 0 Å². The van der Waals surface area contributed by atoms with Crippen molar-refractivity contribution >= 4 is 16.6 Å². The number of para-hydroxylation sites is 1. The third-order valence-corrected chi connectivity index (χ3v) is 5.21. The van der Waals surface area contributed by atoms with Gasteiger partial charge in [0.2, 0.25) is 0 Å². The van der Waals surface area contributed by atoms with Crippen LogP contribution in [-0.2, 0) is 0 Å². The summed E-state index contributed by atoms with van der Waals surface area (Å²) in [6.07, 6.45) is 7.64. The fourth-order valence-corrected chi connectivity index (χ4v) is 3.69. The highest BCUT2D eigenvalue weighted by Gasteiger charge is 2.14. The topological polar surface area (TPSA) is 60.9 Å². The van der Waals surface area contributed by atoms with Crippen LogP contribution in [0.2, 0.25) is 0 Å². The van der Waals surface area contributed by atoms with Gasteiger partial charge in [-0.05, 0) is 29.8 Å². The van der Waals surface area contributed by atoms with Crippen molar-refractivity contribution in [1.82, 2.24) is 29.4 Å². The molecule has 0 N–H and O–H groups in total. The fraction of sp³-hybridized carbons (Fsp3) is 0. The molecule has 0 radical (unpaired) electrons. The van der Waals surface area contributed by atoms with Gasteiger partial charge in [0.15, 0.2) is 11.5 Å². The molecule has 0 amide bonds. The van der Waals surface area contributed by atoms with Gasteiger partial charge in [0, 0.05) is 29.5 Å². The Bertz CT molecular complexity index is 1480. The van der Waals surface area contributed by atoms with Gasteiger partial charge in [0.05, 0.1) is 23.0 Å². The van der Waals surface area contributed by atoms with Crippen molar-refractivity contribution in [3.63, 3.8) is 0 Å². The minimum atomic E-state index is 0.749. The number of pyridine rings is 2. The first-order valence-electron chi connectivity index (χ1n) is 9.66. The molecule has 6 nitrogen and oxygen atoms in total. The zero-order chi connectivity index (χ0) is 19.9. The van der Waals surface area contributed by atoms with Crippen LogP contribution in [-0.4, -0.2) is 29.4 Å². The highest BCUT2D eigenvalue weighted by Crippen LogP contribution is 2.27. The van der Waals surface area contributed by atoms with Crippen LogP contribution in [0.5, 0.6) is 0 Å². The van der Waals surface area contributed by atoms with E-state index in [-0.39, 0.29) is 0 Å². The van der Waals surface area contributed by atoms with Crippen LogP contribution in [0, 0.1) is 0 Å². The number of hydrogen-bond acceptors (Lipinski definition) is 4. The van der Waals surface area contributed by atoms with Crippen LogP contribution in [0.4, 0.5) is 0 Å². The van der Waals surface area contributed by atoms with E-state index in [9.17, 15) is 0 Å². The number of rotatable bonds is 3. The van der Waals surface area contributed by atoms with E-state index in [1.807, 2.05) is 88.5 Å². The quantitative estimate of drug-likeness (QED) is 0.437. The Kier molecular flexibility index (Phi) is 3.67. The summed E-state index contributed by atoms with van der Waals surface area (Å²) in [5.41, 5.74) is 5.74. The van der Waals surface area contributed by atoms with E-state index in [1.165, 1.54) is 0 Å². The molecule has 0 saturated carbocycles. The lowest BCUT2D eigenvalue weighted by atomic mass is 10.1. The van der Waals surface area contributed by atoms with Gasteiger partial charge in [-0.15, -0.1) is 10.2 Å². The molecule has 4 heterocycles. The molecule has 6 rings (SSSR count). The average Bonchev–Trinajstić information content (AvgIpc) is 3.47. The Morgan fingerprint density at radius 3 is 2.33 bits per heavy atom. The molecule has 0 aliphatic carbocycles. The largest absolute Gasteiger partial charge is 0.282 e. The van der Waals surface area contributed by atoms with Crippen LogP contribution in [0.25, 0.3) is 44.8 Å². The summed E-state index contributed by atoms with van der Waals surface area (Å²) in [4.78, 5) is 4.64. The third-order valence-electron chi connectivity index (χ3n) is 5.21. The van der Waals surface area contributed by atoms with Crippen LogP contribution >= 0.6 is 0 Å². The van der Waals surface area contributed by atoms with Gasteiger partial charge in [-0.25, -0.2) is 4.68 Å². The van der Waals surface area contributed by atoms with Gasteiger partial charge >= 0.3 is 0 Å². The third kappa shape index (κ3) is 2.66. The first-order valence-corrected chi connectivity index (χ1v) is 9.66. The molecule has 0 bridgehead atoms. The lowest BCUT2D eigenvalue weighted by Crippen LogP contribution is -1.93. The Balaban J connectivity index is 1.49. The maximum absolute atomic E-state index is 4.64. The van der Waals surface area contributed by atoms with Crippen molar-refractivity contribution in [3.05, 3.63) is 97.6 Å². The lowest BCUT2D eigenvalue weighted by Gasteiger charge is -2.05. The summed E-state index contributed by atoms with van der Waals surface area (Å²) in [5.74, 6) is 0.749. The molecule has 142 valence electrons. The Morgan fingerprint density at radius 2 is 1.50 bits per heavy atom. The molecule has 0 aliphatic heterocycles. The van der Waals surface area contributed by atoms with Crippen molar-refractivity contribution in [2.75, 3.05) is 0 Å².